The zero-order valence-electron chi connectivity index (χ0n) is 12.5. The molecule has 8 nitrogen and oxygen atoms in total. The van der Waals surface area contributed by atoms with E-state index in [0.717, 1.165) is 11.0 Å². The average molecular weight is 301 g/mol. The number of amides is 1. The number of likely N-dealkylation sites (N-methyl/N-ethyl adjacent to an activating group) is 1. The minimum absolute atomic E-state index is 0.0914. The van der Waals surface area contributed by atoms with Crippen LogP contribution in [0.25, 0.3) is 0 Å². The second-order valence-corrected chi connectivity index (χ2v) is 3.90. The molecule has 0 aromatic heterocycles. The van der Waals surface area contributed by atoms with Gasteiger partial charge in [0.1, 0.15) is 6.54 Å². The van der Waals surface area contributed by atoms with Crippen molar-refractivity contribution in [1.82, 2.24) is 4.90 Å². The van der Waals surface area contributed by atoms with Gasteiger partial charge in [-0.05, 0) is 20.8 Å². The van der Waals surface area contributed by atoms with Crippen LogP contribution in [-0.4, -0.2) is 55.7 Å². The van der Waals surface area contributed by atoms with Crippen molar-refractivity contribution in [2.45, 2.75) is 20.8 Å². The van der Waals surface area contributed by atoms with E-state index in [9.17, 15) is 19.2 Å². The van der Waals surface area contributed by atoms with E-state index in [1.54, 1.807) is 13.8 Å². The quantitative estimate of drug-likeness (QED) is 0.307. The third-order valence-corrected chi connectivity index (χ3v) is 2.11. The second kappa shape index (κ2) is 9.51. The molecule has 0 radical (unpaired) electrons. The minimum Gasteiger partial charge on any atom is -0.465 e. The topological polar surface area (TPSA) is 99.2 Å². The number of rotatable bonds is 6. The maximum Gasteiger partial charge on any atom is 0.418 e. The van der Waals surface area contributed by atoms with E-state index in [2.05, 4.69) is 14.2 Å². The van der Waals surface area contributed by atoms with Crippen LogP contribution in [0.2, 0.25) is 0 Å². The van der Waals surface area contributed by atoms with Crippen molar-refractivity contribution in [3.8, 4) is 0 Å². The summed E-state index contributed by atoms with van der Waals surface area (Å²) in [6, 6.07) is 0. The lowest BCUT2D eigenvalue weighted by Gasteiger charge is -2.14. The lowest BCUT2D eigenvalue weighted by Crippen LogP contribution is -2.34. The number of hydrogen-bond donors (Lipinski definition) is 0. The van der Waals surface area contributed by atoms with Crippen molar-refractivity contribution in [3.63, 3.8) is 0 Å². The van der Waals surface area contributed by atoms with Crippen molar-refractivity contribution >= 4 is 24.0 Å². The lowest BCUT2D eigenvalue weighted by molar-refractivity contribution is -0.144. The molecule has 0 bridgehead atoms. The smallest absolute Gasteiger partial charge is 0.418 e. The van der Waals surface area contributed by atoms with Crippen LogP contribution < -0.4 is 0 Å². The van der Waals surface area contributed by atoms with Gasteiger partial charge in [-0.1, -0.05) is 0 Å². The van der Waals surface area contributed by atoms with Crippen LogP contribution in [0.1, 0.15) is 20.8 Å². The van der Waals surface area contributed by atoms with Crippen LogP contribution in [-0.2, 0) is 28.6 Å². The molecule has 0 aromatic carbocycles. The third-order valence-electron chi connectivity index (χ3n) is 2.11. The van der Waals surface area contributed by atoms with Crippen molar-refractivity contribution in [2.75, 3.05) is 26.8 Å². The first-order valence-electron chi connectivity index (χ1n) is 6.29. The van der Waals surface area contributed by atoms with Crippen LogP contribution in [0.3, 0.4) is 0 Å². The summed E-state index contributed by atoms with van der Waals surface area (Å²) in [6.45, 7) is 4.55. The van der Waals surface area contributed by atoms with E-state index >= 15 is 0 Å². The molecule has 0 aromatic rings. The SMILES string of the molecule is CCOC(=O)/C=C(\C)C(=O)OC(=O)N(C)CC(=O)OCC. The van der Waals surface area contributed by atoms with Crippen LogP contribution in [0, 0.1) is 0 Å². The number of nitrogens with zero attached hydrogens (tertiary/aromatic N) is 1. The van der Waals surface area contributed by atoms with Gasteiger partial charge in [-0.2, -0.15) is 0 Å². The number of esters is 3. The zero-order chi connectivity index (χ0) is 16.4. The predicted molar refractivity (Wildman–Crippen MR) is 71.1 cm³/mol. The van der Waals surface area contributed by atoms with Gasteiger partial charge < -0.3 is 14.2 Å². The van der Waals surface area contributed by atoms with Gasteiger partial charge in [0.15, 0.2) is 0 Å². The van der Waals surface area contributed by atoms with Gasteiger partial charge >= 0.3 is 24.0 Å². The van der Waals surface area contributed by atoms with Gasteiger partial charge in [0.2, 0.25) is 0 Å². The molecule has 0 fully saturated rings. The zero-order valence-corrected chi connectivity index (χ0v) is 12.5. The first kappa shape index (κ1) is 18.6. The molecule has 0 aliphatic heterocycles. The Labute approximate surface area is 122 Å². The van der Waals surface area contributed by atoms with Crippen molar-refractivity contribution < 1.29 is 33.4 Å². The van der Waals surface area contributed by atoms with Crippen LogP contribution in [0.15, 0.2) is 11.6 Å². The normalized spacial score (nSPS) is 10.6. The molecule has 0 saturated carbocycles. The highest BCUT2D eigenvalue weighted by molar-refractivity contribution is 6.00. The molecule has 0 rings (SSSR count). The Morgan fingerprint density at radius 2 is 1.62 bits per heavy atom. The summed E-state index contributed by atoms with van der Waals surface area (Å²) in [5, 5.41) is 0. The van der Waals surface area contributed by atoms with E-state index < -0.39 is 24.0 Å². The van der Waals surface area contributed by atoms with Crippen molar-refractivity contribution in [2.24, 2.45) is 0 Å². The summed E-state index contributed by atoms with van der Waals surface area (Å²) in [5.74, 6) is -2.33. The molecule has 0 spiro atoms. The van der Waals surface area contributed by atoms with Gasteiger partial charge in [0.25, 0.3) is 0 Å². The Bertz CT molecular complexity index is 442. The maximum absolute atomic E-state index is 11.5. The van der Waals surface area contributed by atoms with Crippen molar-refractivity contribution in [3.05, 3.63) is 11.6 Å². The van der Waals surface area contributed by atoms with Crippen molar-refractivity contribution in [1.29, 1.82) is 0 Å². The van der Waals surface area contributed by atoms with Crippen LogP contribution >= 0.6 is 0 Å². The molecular weight excluding hydrogens is 282 g/mol. The fourth-order valence-corrected chi connectivity index (χ4v) is 1.12. The molecule has 0 heterocycles. The highest BCUT2D eigenvalue weighted by Crippen LogP contribution is 2.01. The van der Waals surface area contributed by atoms with Crippen LogP contribution in [0.5, 0.6) is 0 Å². The molecule has 0 atom stereocenters. The lowest BCUT2D eigenvalue weighted by atomic mass is 10.3. The summed E-state index contributed by atoms with van der Waals surface area (Å²) < 4.78 is 13.8. The molecule has 0 aliphatic rings. The van der Waals surface area contributed by atoms with E-state index in [1.807, 2.05) is 0 Å². The number of hydrogen-bond acceptors (Lipinski definition) is 7. The highest BCUT2D eigenvalue weighted by Gasteiger charge is 2.19. The Morgan fingerprint density at radius 3 is 2.14 bits per heavy atom. The first-order chi connectivity index (χ1) is 9.81. The van der Waals surface area contributed by atoms with E-state index in [0.29, 0.717) is 0 Å². The minimum atomic E-state index is -1.02. The third kappa shape index (κ3) is 7.71. The summed E-state index contributed by atoms with van der Waals surface area (Å²) in [5.41, 5.74) is -0.0914. The van der Waals surface area contributed by atoms with Gasteiger partial charge in [0.05, 0.1) is 13.2 Å². The van der Waals surface area contributed by atoms with Gasteiger partial charge in [-0.25, -0.2) is 14.4 Å². The molecule has 8 heteroatoms. The molecule has 0 saturated heterocycles. The fraction of sp³-hybridized carbons (Fsp3) is 0.538. The fourth-order valence-electron chi connectivity index (χ4n) is 1.12. The highest BCUT2D eigenvalue weighted by atomic mass is 16.6. The number of ether oxygens (including phenoxy) is 3. The molecule has 0 unspecified atom stereocenters. The summed E-state index contributed by atoms with van der Waals surface area (Å²) in [7, 11) is 1.27. The monoisotopic (exact) mass is 301 g/mol. The summed E-state index contributed by atoms with van der Waals surface area (Å²) >= 11 is 0. The average Bonchev–Trinajstić information content (AvgIpc) is 2.38. The summed E-state index contributed by atoms with van der Waals surface area (Å²) in [6.07, 6.45) is -0.102. The standard InChI is InChI=1S/C13H19NO7/c1-5-19-10(15)7-9(3)12(17)21-13(18)14(4)8-11(16)20-6-2/h7H,5-6,8H2,1-4H3/b9-7+. The number of carbonyl (C=O) groups is 4. The van der Waals surface area contributed by atoms with Gasteiger partial charge in [-0.3, -0.25) is 9.69 Å². The van der Waals surface area contributed by atoms with Crippen LogP contribution in [0.4, 0.5) is 4.79 Å². The Balaban J connectivity index is 4.46. The Kier molecular flexibility index (Phi) is 8.43. The largest absolute Gasteiger partial charge is 0.465 e. The van der Waals surface area contributed by atoms with Gasteiger partial charge in [0, 0.05) is 18.7 Å². The Hall–Kier alpha value is -2.38. The van der Waals surface area contributed by atoms with E-state index in [1.165, 1.54) is 14.0 Å². The number of carbonyl (C=O) groups excluding carboxylic acids is 4. The van der Waals surface area contributed by atoms with E-state index in [4.69, 9.17) is 0 Å². The molecule has 0 N–H and O–H groups in total. The summed E-state index contributed by atoms with van der Waals surface area (Å²) in [4.78, 5) is 46.3. The predicted octanol–water partition coefficient (Wildman–Crippen LogP) is 0.654. The molecular formula is C13H19NO7. The molecule has 1 amide bonds. The van der Waals surface area contributed by atoms with Gasteiger partial charge in [-0.15, -0.1) is 0 Å². The maximum atomic E-state index is 11.5. The second-order valence-electron chi connectivity index (χ2n) is 3.90. The molecule has 118 valence electrons. The molecule has 21 heavy (non-hydrogen) atoms. The van der Waals surface area contributed by atoms with E-state index in [-0.39, 0.29) is 25.3 Å². The Morgan fingerprint density at radius 1 is 1.05 bits per heavy atom. The molecule has 0 aliphatic carbocycles. The first-order valence-corrected chi connectivity index (χ1v) is 6.29.